The molecule has 3 N–H and O–H groups in total. The van der Waals surface area contributed by atoms with E-state index in [0.29, 0.717) is 6.54 Å². The number of rotatable bonds is 6. The second-order valence-corrected chi connectivity index (χ2v) is 8.37. The number of primary amides is 1. The summed E-state index contributed by atoms with van der Waals surface area (Å²) in [5, 5.41) is 3.74. The maximum Gasteiger partial charge on any atom is 0.240 e. The highest BCUT2D eigenvalue weighted by molar-refractivity contribution is 5.92. The van der Waals surface area contributed by atoms with E-state index in [1.54, 1.807) is 12.1 Å². The molecule has 0 radical (unpaired) electrons. The maximum absolute atomic E-state index is 13.2. The first-order chi connectivity index (χ1) is 13.6. The summed E-state index contributed by atoms with van der Waals surface area (Å²) in [6, 6.07) is 13.4. The minimum atomic E-state index is -0.748. The number of carbonyl (C=O) groups is 2. The molecule has 2 aromatic carbocycles. The van der Waals surface area contributed by atoms with Gasteiger partial charge in [-0.2, -0.15) is 0 Å². The van der Waals surface area contributed by atoms with E-state index in [0.717, 1.165) is 22.0 Å². The molecule has 1 atom stereocenters. The van der Waals surface area contributed by atoms with Crippen molar-refractivity contribution in [2.24, 2.45) is 11.1 Å². The van der Waals surface area contributed by atoms with Crippen LogP contribution in [0.3, 0.4) is 0 Å². The predicted octanol–water partition coefficient (Wildman–Crippen LogP) is 3.39. The van der Waals surface area contributed by atoms with E-state index in [-0.39, 0.29) is 18.1 Å². The number of hydrogen-bond acceptors (Lipinski definition) is 2. The molecule has 1 heterocycles. The fourth-order valence-corrected chi connectivity index (χ4v) is 3.48. The van der Waals surface area contributed by atoms with Crippen LogP contribution in [0.1, 0.15) is 31.9 Å². The average Bonchev–Trinajstić information content (AvgIpc) is 2.98. The number of nitrogens with zero attached hydrogens (tertiary/aromatic N) is 1. The number of nitrogens with one attached hydrogen (secondary N) is 1. The Morgan fingerprint density at radius 3 is 2.38 bits per heavy atom. The standard InChI is InChI=1S/C23H26FN3O2/c1-23(2,3)21(22(25)29)26-20(28)12-16-14-27(19-7-5-4-6-18(16)19)13-15-8-10-17(24)11-9-15/h4-11,14,21H,12-13H2,1-3H3,(H2,25,29)(H,26,28). The van der Waals surface area contributed by atoms with Crippen molar-refractivity contribution in [3.63, 3.8) is 0 Å². The predicted molar refractivity (Wildman–Crippen MR) is 112 cm³/mol. The summed E-state index contributed by atoms with van der Waals surface area (Å²) in [6.45, 7) is 6.14. The fraction of sp³-hybridized carbons (Fsp3) is 0.304. The van der Waals surface area contributed by atoms with Crippen LogP contribution in [-0.4, -0.2) is 22.4 Å². The molecule has 6 heteroatoms. The van der Waals surface area contributed by atoms with Crippen LogP contribution in [0.25, 0.3) is 10.9 Å². The zero-order valence-corrected chi connectivity index (χ0v) is 16.9. The summed E-state index contributed by atoms with van der Waals surface area (Å²) in [7, 11) is 0. The van der Waals surface area contributed by atoms with Gasteiger partial charge >= 0.3 is 0 Å². The molecule has 0 saturated carbocycles. The van der Waals surface area contributed by atoms with Crippen LogP contribution < -0.4 is 11.1 Å². The van der Waals surface area contributed by atoms with Crippen LogP contribution in [0.5, 0.6) is 0 Å². The lowest BCUT2D eigenvalue weighted by Crippen LogP contribution is -2.52. The number of halogens is 1. The number of fused-ring (bicyclic) bond motifs is 1. The van der Waals surface area contributed by atoms with Crippen LogP contribution in [0, 0.1) is 11.2 Å². The largest absolute Gasteiger partial charge is 0.368 e. The molecule has 0 saturated heterocycles. The first-order valence-electron chi connectivity index (χ1n) is 9.55. The fourth-order valence-electron chi connectivity index (χ4n) is 3.48. The van der Waals surface area contributed by atoms with Crippen molar-refractivity contribution in [1.82, 2.24) is 9.88 Å². The second kappa shape index (κ2) is 8.07. The SMILES string of the molecule is CC(C)(C)C(NC(=O)Cc1cn(Cc2ccc(F)cc2)c2ccccc12)C(N)=O. The Morgan fingerprint density at radius 2 is 1.76 bits per heavy atom. The molecule has 0 bridgehead atoms. The topological polar surface area (TPSA) is 77.1 Å². The Kier molecular flexibility index (Phi) is 5.73. The molecule has 0 spiro atoms. The molecule has 0 aliphatic rings. The molecule has 0 fully saturated rings. The average molecular weight is 395 g/mol. The lowest BCUT2D eigenvalue weighted by atomic mass is 9.86. The molecular formula is C23H26FN3O2. The monoisotopic (exact) mass is 395 g/mol. The lowest BCUT2D eigenvalue weighted by Gasteiger charge is -2.28. The van der Waals surface area contributed by atoms with Crippen LogP contribution in [0.2, 0.25) is 0 Å². The van der Waals surface area contributed by atoms with Crippen LogP contribution >= 0.6 is 0 Å². The molecular weight excluding hydrogens is 369 g/mol. The van der Waals surface area contributed by atoms with E-state index >= 15 is 0 Å². The van der Waals surface area contributed by atoms with Gasteiger partial charge in [-0.1, -0.05) is 51.1 Å². The van der Waals surface area contributed by atoms with Gasteiger partial charge in [0.1, 0.15) is 11.9 Å². The van der Waals surface area contributed by atoms with Gasteiger partial charge in [0.2, 0.25) is 11.8 Å². The quantitative estimate of drug-likeness (QED) is 0.671. The van der Waals surface area contributed by atoms with E-state index in [2.05, 4.69) is 5.32 Å². The second-order valence-electron chi connectivity index (χ2n) is 8.37. The van der Waals surface area contributed by atoms with Gasteiger partial charge in [-0.3, -0.25) is 9.59 Å². The van der Waals surface area contributed by atoms with E-state index in [1.807, 2.05) is 55.8 Å². The Labute approximate surface area is 169 Å². The molecule has 152 valence electrons. The number of amides is 2. The van der Waals surface area contributed by atoms with E-state index in [9.17, 15) is 14.0 Å². The minimum absolute atomic E-state index is 0.136. The number of para-hydroxylation sites is 1. The molecule has 3 rings (SSSR count). The first kappa shape index (κ1) is 20.6. The number of aromatic nitrogens is 1. The van der Waals surface area contributed by atoms with Crippen molar-refractivity contribution >= 4 is 22.7 Å². The molecule has 3 aromatic rings. The number of nitrogens with two attached hydrogens (primary N) is 1. The van der Waals surface area contributed by atoms with Gasteiger partial charge in [-0.05, 0) is 34.7 Å². The van der Waals surface area contributed by atoms with Gasteiger partial charge in [-0.25, -0.2) is 4.39 Å². The van der Waals surface area contributed by atoms with Crippen LogP contribution in [-0.2, 0) is 22.6 Å². The highest BCUT2D eigenvalue weighted by Gasteiger charge is 2.31. The summed E-state index contributed by atoms with van der Waals surface area (Å²) in [4.78, 5) is 24.4. The van der Waals surface area contributed by atoms with Crippen molar-refractivity contribution in [3.05, 3.63) is 71.7 Å². The Balaban J connectivity index is 1.85. The van der Waals surface area contributed by atoms with Gasteiger partial charge in [0.15, 0.2) is 0 Å². The Hall–Kier alpha value is -3.15. The van der Waals surface area contributed by atoms with Crippen molar-refractivity contribution < 1.29 is 14.0 Å². The van der Waals surface area contributed by atoms with Gasteiger partial charge in [0, 0.05) is 23.6 Å². The molecule has 1 aromatic heterocycles. The summed E-state index contributed by atoms with van der Waals surface area (Å²) < 4.78 is 15.2. The molecule has 0 aliphatic carbocycles. The smallest absolute Gasteiger partial charge is 0.240 e. The normalized spacial score (nSPS) is 12.7. The van der Waals surface area contributed by atoms with Gasteiger partial charge < -0.3 is 15.6 Å². The van der Waals surface area contributed by atoms with E-state index in [4.69, 9.17) is 5.73 Å². The third kappa shape index (κ3) is 4.83. The Morgan fingerprint density at radius 1 is 1.10 bits per heavy atom. The van der Waals surface area contributed by atoms with Crippen LogP contribution in [0.4, 0.5) is 4.39 Å². The van der Waals surface area contributed by atoms with Crippen molar-refractivity contribution in [2.75, 3.05) is 0 Å². The van der Waals surface area contributed by atoms with Gasteiger partial charge in [0.05, 0.1) is 6.42 Å². The van der Waals surface area contributed by atoms with Crippen molar-refractivity contribution in [1.29, 1.82) is 0 Å². The summed E-state index contributed by atoms with van der Waals surface area (Å²) in [5.74, 6) is -1.08. The molecule has 0 aliphatic heterocycles. The highest BCUT2D eigenvalue weighted by atomic mass is 19.1. The number of hydrogen-bond donors (Lipinski definition) is 2. The summed E-state index contributed by atoms with van der Waals surface area (Å²) in [5.41, 5.74) is 7.81. The molecule has 5 nitrogen and oxygen atoms in total. The zero-order chi connectivity index (χ0) is 21.2. The minimum Gasteiger partial charge on any atom is -0.368 e. The van der Waals surface area contributed by atoms with Gasteiger partial charge in [-0.15, -0.1) is 0 Å². The lowest BCUT2D eigenvalue weighted by molar-refractivity contribution is -0.129. The van der Waals surface area contributed by atoms with Crippen molar-refractivity contribution in [2.45, 2.75) is 39.8 Å². The number of benzene rings is 2. The summed E-state index contributed by atoms with van der Waals surface area (Å²) in [6.07, 6.45) is 2.07. The van der Waals surface area contributed by atoms with E-state index < -0.39 is 17.4 Å². The van der Waals surface area contributed by atoms with Crippen molar-refractivity contribution in [3.8, 4) is 0 Å². The third-order valence-corrected chi connectivity index (χ3v) is 4.94. The molecule has 1 unspecified atom stereocenters. The summed E-state index contributed by atoms with van der Waals surface area (Å²) >= 11 is 0. The Bertz CT molecular complexity index is 1030. The third-order valence-electron chi connectivity index (χ3n) is 4.94. The van der Waals surface area contributed by atoms with Crippen LogP contribution in [0.15, 0.2) is 54.7 Å². The number of carbonyl (C=O) groups excluding carboxylic acids is 2. The van der Waals surface area contributed by atoms with Gasteiger partial charge in [0.25, 0.3) is 0 Å². The molecule has 2 amide bonds. The first-order valence-corrected chi connectivity index (χ1v) is 9.55. The maximum atomic E-state index is 13.2. The zero-order valence-electron chi connectivity index (χ0n) is 16.9. The highest BCUT2D eigenvalue weighted by Crippen LogP contribution is 2.24. The molecule has 29 heavy (non-hydrogen) atoms. The van der Waals surface area contributed by atoms with E-state index in [1.165, 1.54) is 12.1 Å².